The number of aliphatic hydroxyl groups excluding tert-OH is 1. The number of rotatable bonds is 10. The largest absolute Gasteiger partial charge is 0.465 e. The molecular formula is C20H34N4O5S. The molecule has 0 aliphatic carbocycles. The van der Waals surface area contributed by atoms with Crippen molar-refractivity contribution in [3.63, 3.8) is 0 Å². The maximum Gasteiger partial charge on any atom is 0.404 e. The molecule has 0 spiro atoms. The van der Waals surface area contributed by atoms with Crippen LogP contribution in [-0.4, -0.2) is 96.7 Å². The lowest BCUT2D eigenvalue weighted by atomic mass is 10.0. The Hall–Kier alpha value is -1.72. The Morgan fingerprint density at radius 2 is 1.77 bits per heavy atom. The van der Waals surface area contributed by atoms with Crippen molar-refractivity contribution in [2.75, 3.05) is 46.3 Å². The van der Waals surface area contributed by atoms with Crippen LogP contribution in [0.15, 0.2) is 30.3 Å². The number of piperazine rings is 1. The third-order valence-corrected chi connectivity index (χ3v) is 7.22. The fourth-order valence-corrected chi connectivity index (χ4v) is 5.51. The van der Waals surface area contributed by atoms with E-state index < -0.39 is 28.4 Å². The molecule has 0 aromatic heterocycles. The van der Waals surface area contributed by atoms with E-state index in [2.05, 4.69) is 10.2 Å². The first-order chi connectivity index (χ1) is 14.1. The lowest BCUT2D eigenvalue weighted by Crippen LogP contribution is -2.59. The topological polar surface area (TPSA) is 113 Å². The highest BCUT2D eigenvalue weighted by Crippen LogP contribution is 2.22. The Kier molecular flexibility index (Phi) is 9.05. The second-order valence-corrected chi connectivity index (χ2v) is 10.1. The van der Waals surface area contributed by atoms with Crippen LogP contribution in [0.4, 0.5) is 4.79 Å². The van der Waals surface area contributed by atoms with Gasteiger partial charge in [0, 0.05) is 39.3 Å². The highest BCUT2D eigenvalue weighted by atomic mass is 32.2. The monoisotopic (exact) mass is 442 g/mol. The highest BCUT2D eigenvalue weighted by Gasteiger charge is 2.39. The van der Waals surface area contributed by atoms with Crippen molar-refractivity contribution >= 4 is 16.3 Å². The van der Waals surface area contributed by atoms with E-state index in [-0.39, 0.29) is 25.4 Å². The summed E-state index contributed by atoms with van der Waals surface area (Å²) >= 11 is 0. The number of carboxylic acid groups (broad SMARTS) is 1. The summed E-state index contributed by atoms with van der Waals surface area (Å²) in [6.07, 6.45) is -2.17. The minimum Gasteiger partial charge on any atom is -0.465 e. The van der Waals surface area contributed by atoms with Gasteiger partial charge < -0.3 is 20.4 Å². The van der Waals surface area contributed by atoms with E-state index in [1.54, 1.807) is 0 Å². The zero-order valence-corrected chi connectivity index (χ0v) is 18.8. The van der Waals surface area contributed by atoms with E-state index in [1.807, 2.05) is 51.2 Å². The minimum absolute atomic E-state index is 0.0325. The van der Waals surface area contributed by atoms with Gasteiger partial charge >= 0.3 is 6.09 Å². The average Bonchev–Trinajstić information content (AvgIpc) is 2.69. The molecule has 1 heterocycles. The molecule has 1 saturated heterocycles. The molecule has 2 rings (SSSR count). The van der Waals surface area contributed by atoms with Crippen LogP contribution in [0.2, 0.25) is 0 Å². The van der Waals surface area contributed by atoms with Gasteiger partial charge in [0.05, 0.1) is 12.1 Å². The second-order valence-electron chi connectivity index (χ2n) is 8.18. The Morgan fingerprint density at radius 3 is 2.30 bits per heavy atom. The molecule has 1 amide bonds. The van der Waals surface area contributed by atoms with Crippen molar-refractivity contribution in [1.82, 2.24) is 18.8 Å². The molecule has 3 N–H and O–H groups in total. The molecule has 1 aromatic rings. The SMILES string of the molecule is CC(C)CN(C(Cc1ccccc1)C(O)CNC(=O)O)S(=O)(=O)N1CCN(C)CC1. The first-order valence-corrected chi connectivity index (χ1v) is 11.6. The van der Waals surface area contributed by atoms with Gasteiger partial charge in [-0.15, -0.1) is 0 Å². The van der Waals surface area contributed by atoms with Crippen LogP contribution in [0.3, 0.4) is 0 Å². The van der Waals surface area contributed by atoms with Crippen LogP contribution >= 0.6 is 0 Å². The molecule has 2 atom stereocenters. The standard InChI is InChI=1S/C20H34N4O5S/c1-16(2)15-24(30(28,29)23-11-9-22(3)10-12-23)18(19(25)14-21-20(26)27)13-17-7-5-4-6-8-17/h4-8,16,18-19,21,25H,9-15H2,1-3H3,(H,26,27). The van der Waals surface area contributed by atoms with Gasteiger partial charge in [0.1, 0.15) is 0 Å². The third kappa shape index (κ3) is 6.92. The molecule has 9 nitrogen and oxygen atoms in total. The van der Waals surface area contributed by atoms with E-state index >= 15 is 0 Å². The Labute approximate surface area is 179 Å². The maximum atomic E-state index is 13.6. The summed E-state index contributed by atoms with van der Waals surface area (Å²) in [5.41, 5.74) is 0.874. The summed E-state index contributed by atoms with van der Waals surface area (Å²) in [7, 11) is -1.89. The first kappa shape index (κ1) is 24.5. The average molecular weight is 443 g/mol. The van der Waals surface area contributed by atoms with Gasteiger partial charge in [-0.1, -0.05) is 44.2 Å². The highest BCUT2D eigenvalue weighted by molar-refractivity contribution is 7.86. The molecule has 1 aliphatic heterocycles. The van der Waals surface area contributed by atoms with Gasteiger partial charge in [-0.2, -0.15) is 17.0 Å². The van der Waals surface area contributed by atoms with Crippen LogP contribution in [0.25, 0.3) is 0 Å². The van der Waals surface area contributed by atoms with Crippen molar-refractivity contribution in [3.05, 3.63) is 35.9 Å². The third-order valence-electron chi connectivity index (χ3n) is 5.19. The molecule has 170 valence electrons. The number of carbonyl (C=O) groups is 1. The van der Waals surface area contributed by atoms with Crippen LogP contribution in [0.5, 0.6) is 0 Å². The molecule has 0 bridgehead atoms. The van der Waals surface area contributed by atoms with Gasteiger partial charge in [0.25, 0.3) is 10.2 Å². The summed E-state index contributed by atoms with van der Waals surface area (Å²) in [6, 6.07) is 8.53. The molecule has 2 unspecified atom stereocenters. The lowest BCUT2D eigenvalue weighted by Gasteiger charge is -2.40. The quantitative estimate of drug-likeness (QED) is 0.491. The molecular weight excluding hydrogens is 408 g/mol. The zero-order chi connectivity index (χ0) is 22.3. The number of nitrogens with zero attached hydrogens (tertiary/aromatic N) is 3. The summed E-state index contributed by atoms with van der Waals surface area (Å²) in [5, 5.41) is 22.0. The number of likely N-dealkylation sites (N-methyl/N-ethyl adjacent to an activating group) is 1. The van der Waals surface area contributed by atoms with E-state index in [4.69, 9.17) is 5.11 Å². The number of hydrogen-bond donors (Lipinski definition) is 3. The van der Waals surface area contributed by atoms with Crippen LogP contribution in [0, 0.1) is 5.92 Å². The molecule has 30 heavy (non-hydrogen) atoms. The molecule has 1 aromatic carbocycles. The predicted octanol–water partition coefficient (Wildman–Crippen LogP) is 0.676. The Morgan fingerprint density at radius 1 is 1.17 bits per heavy atom. The molecule has 10 heteroatoms. The van der Waals surface area contributed by atoms with Gasteiger partial charge in [0.2, 0.25) is 0 Å². The zero-order valence-electron chi connectivity index (χ0n) is 17.9. The van der Waals surface area contributed by atoms with Crippen LogP contribution in [0.1, 0.15) is 19.4 Å². The fourth-order valence-electron chi connectivity index (χ4n) is 3.54. The lowest BCUT2D eigenvalue weighted by molar-refractivity contribution is 0.0781. The smallest absolute Gasteiger partial charge is 0.404 e. The van der Waals surface area contributed by atoms with Gasteiger partial charge in [-0.05, 0) is 24.9 Å². The van der Waals surface area contributed by atoms with E-state index in [0.717, 1.165) is 5.56 Å². The number of benzene rings is 1. The summed E-state index contributed by atoms with van der Waals surface area (Å²) < 4.78 is 30.0. The minimum atomic E-state index is -3.84. The Bertz CT molecular complexity index is 767. The van der Waals surface area contributed by atoms with Crippen molar-refractivity contribution in [3.8, 4) is 0 Å². The normalized spacial score (nSPS) is 18.5. The number of amides is 1. The van der Waals surface area contributed by atoms with Gasteiger partial charge in [-0.3, -0.25) is 0 Å². The van der Waals surface area contributed by atoms with Crippen LogP contribution < -0.4 is 5.32 Å². The van der Waals surface area contributed by atoms with Crippen molar-refractivity contribution in [2.24, 2.45) is 5.92 Å². The molecule has 0 radical (unpaired) electrons. The van der Waals surface area contributed by atoms with Crippen molar-refractivity contribution in [1.29, 1.82) is 0 Å². The second kappa shape index (κ2) is 11.1. The fraction of sp³-hybridized carbons (Fsp3) is 0.650. The Balaban J connectivity index is 2.36. The molecule has 0 saturated carbocycles. The summed E-state index contributed by atoms with van der Waals surface area (Å²) in [4.78, 5) is 13.0. The van der Waals surface area contributed by atoms with Crippen molar-refractivity contribution < 1.29 is 23.4 Å². The number of nitrogens with one attached hydrogen (secondary N) is 1. The summed E-state index contributed by atoms with van der Waals surface area (Å²) in [6.45, 7) is 5.88. The van der Waals surface area contributed by atoms with Gasteiger partial charge in [0.15, 0.2) is 0 Å². The summed E-state index contributed by atoms with van der Waals surface area (Å²) in [5.74, 6) is 0.0325. The molecule has 1 aliphatic rings. The van der Waals surface area contributed by atoms with Crippen molar-refractivity contribution in [2.45, 2.75) is 32.4 Å². The maximum absolute atomic E-state index is 13.6. The van der Waals surface area contributed by atoms with E-state index in [1.165, 1.54) is 8.61 Å². The number of hydrogen-bond acceptors (Lipinski definition) is 5. The first-order valence-electron chi connectivity index (χ1n) is 10.3. The predicted molar refractivity (Wildman–Crippen MR) is 116 cm³/mol. The molecule has 1 fully saturated rings. The number of aliphatic hydroxyl groups is 1. The van der Waals surface area contributed by atoms with E-state index in [0.29, 0.717) is 26.2 Å². The van der Waals surface area contributed by atoms with Crippen LogP contribution in [-0.2, 0) is 16.6 Å². The van der Waals surface area contributed by atoms with Gasteiger partial charge in [-0.25, -0.2) is 4.79 Å². The van der Waals surface area contributed by atoms with E-state index in [9.17, 15) is 18.3 Å².